The Kier molecular flexibility index (Phi) is 4.14. The van der Waals surface area contributed by atoms with E-state index in [0.717, 1.165) is 36.6 Å². The number of aromatic hydroxyl groups is 1. The smallest absolute Gasteiger partial charge is 0.151 e. The van der Waals surface area contributed by atoms with E-state index in [9.17, 15) is 9.50 Å². The molecule has 144 valence electrons. The zero-order chi connectivity index (χ0) is 19.3. The predicted molar refractivity (Wildman–Crippen MR) is 107 cm³/mol. The Bertz CT molecular complexity index is 1010. The lowest BCUT2D eigenvalue weighted by Gasteiger charge is -2.38. The van der Waals surface area contributed by atoms with Gasteiger partial charge >= 0.3 is 0 Å². The number of anilines is 1. The number of phenolic OH excluding ortho intramolecular Hbond substituents is 1. The molecule has 0 radical (unpaired) electrons. The molecule has 2 saturated carbocycles. The highest BCUT2D eigenvalue weighted by Crippen LogP contribution is 2.45. The second kappa shape index (κ2) is 6.69. The molecule has 1 aromatic carbocycles. The van der Waals surface area contributed by atoms with Gasteiger partial charge < -0.3 is 10.0 Å². The maximum atomic E-state index is 14.9. The number of hydrogen-bond donors (Lipinski definition) is 1. The lowest BCUT2D eigenvalue weighted by molar-refractivity contribution is 0.144. The van der Waals surface area contributed by atoms with Crippen LogP contribution in [0.5, 0.6) is 5.75 Å². The lowest BCUT2D eigenvalue weighted by Crippen LogP contribution is -2.46. The van der Waals surface area contributed by atoms with Crippen molar-refractivity contribution in [2.24, 2.45) is 11.8 Å². The van der Waals surface area contributed by atoms with Gasteiger partial charge in [-0.3, -0.25) is 4.98 Å². The third-order valence-electron chi connectivity index (χ3n) is 6.48. The van der Waals surface area contributed by atoms with Crippen molar-refractivity contribution in [1.29, 1.82) is 0 Å². The standard InChI is InChI=1S/C22H23FN4O/c1-27(19-10-13-4-5-15(9-13)22(19)23)21-7-6-17(25-26-21)16-11-14-3-2-8-24-18(14)12-20(16)28/h2-3,6-8,11-13,15,19,22,28H,4-5,9-10H2,1H3/t13-,15+,19+,22-/m0/s1. The molecule has 4 atom stereocenters. The molecule has 2 bridgehead atoms. The van der Waals surface area contributed by atoms with Crippen LogP contribution >= 0.6 is 0 Å². The van der Waals surface area contributed by atoms with Crippen LogP contribution in [-0.2, 0) is 0 Å². The molecule has 28 heavy (non-hydrogen) atoms. The van der Waals surface area contributed by atoms with Crippen molar-refractivity contribution < 1.29 is 9.50 Å². The van der Waals surface area contributed by atoms with E-state index < -0.39 is 6.17 Å². The summed E-state index contributed by atoms with van der Waals surface area (Å²) in [5, 5.41) is 20.0. The molecule has 0 aliphatic heterocycles. The van der Waals surface area contributed by atoms with Crippen LogP contribution in [0.25, 0.3) is 22.2 Å². The van der Waals surface area contributed by atoms with Gasteiger partial charge in [-0.05, 0) is 61.8 Å². The van der Waals surface area contributed by atoms with E-state index in [1.807, 2.05) is 42.3 Å². The van der Waals surface area contributed by atoms with E-state index in [4.69, 9.17) is 0 Å². The topological polar surface area (TPSA) is 62.1 Å². The first kappa shape index (κ1) is 17.3. The summed E-state index contributed by atoms with van der Waals surface area (Å²) in [6, 6.07) is 10.9. The van der Waals surface area contributed by atoms with E-state index >= 15 is 0 Å². The predicted octanol–water partition coefficient (Wildman–Crippen LogP) is 4.36. The highest BCUT2D eigenvalue weighted by Gasteiger charge is 2.44. The molecule has 5 nitrogen and oxygen atoms in total. The number of nitrogens with zero attached hydrogens (tertiary/aromatic N) is 4. The number of rotatable bonds is 3. The van der Waals surface area contributed by atoms with Crippen molar-refractivity contribution in [3.8, 4) is 17.0 Å². The molecule has 2 heterocycles. The summed E-state index contributed by atoms with van der Waals surface area (Å²) in [6.07, 6.45) is 4.97. The Morgan fingerprint density at radius 3 is 2.82 bits per heavy atom. The Hall–Kier alpha value is -2.76. The number of fused-ring (bicyclic) bond motifs is 3. The lowest BCUT2D eigenvalue weighted by atomic mass is 9.83. The minimum atomic E-state index is -0.803. The monoisotopic (exact) mass is 378 g/mol. The first-order valence-corrected chi connectivity index (χ1v) is 9.89. The molecule has 3 aromatic rings. The first-order valence-electron chi connectivity index (χ1n) is 9.89. The molecule has 0 unspecified atom stereocenters. The first-order chi connectivity index (χ1) is 13.6. The molecule has 2 fully saturated rings. The molecule has 6 heteroatoms. The van der Waals surface area contributed by atoms with E-state index in [0.29, 0.717) is 23.0 Å². The number of pyridine rings is 1. The number of benzene rings is 1. The van der Waals surface area contributed by atoms with E-state index in [1.165, 1.54) is 0 Å². The molecule has 2 aromatic heterocycles. The average Bonchev–Trinajstić information content (AvgIpc) is 3.13. The molecular weight excluding hydrogens is 355 g/mol. The quantitative estimate of drug-likeness (QED) is 0.734. The number of hydrogen-bond acceptors (Lipinski definition) is 5. The van der Waals surface area contributed by atoms with Gasteiger partial charge in [0.2, 0.25) is 0 Å². The fourth-order valence-corrected chi connectivity index (χ4v) is 4.92. The number of halogens is 1. The van der Waals surface area contributed by atoms with Crippen molar-refractivity contribution >= 4 is 16.7 Å². The minimum Gasteiger partial charge on any atom is -0.507 e. The summed E-state index contributed by atoms with van der Waals surface area (Å²) < 4.78 is 14.9. The SMILES string of the molecule is CN(c1ccc(-c2cc3cccnc3cc2O)nn1)[C@@H]1C[C@H]2CC[C@H](C2)[C@@H]1F. The normalized spacial score (nSPS) is 26.5. The molecule has 0 spiro atoms. The molecular formula is C22H23FN4O. The van der Waals surface area contributed by atoms with Crippen molar-refractivity contribution in [2.75, 3.05) is 11.9 Å². The third kappa shape index (κ3) is 2.87. The van der Waals surface area contributed by atoms with Crippen molar-refractivity contribution in [1.82, 2.24) is 15.2 Å². The minimum absolute atomic E-state index is 0.120. The molecule has 1 N–H and O–H groups in total. The van der Waals surface area contributed by atoms with Gasteiger partial charge in [-0.15, -0.1) is 10.2 Å². The Morgan fingerprint density at radius 1 is 1.11 bits per heavy atom. The second-order valence-electron chi connectivity index (χ2n) is 8.14. The summed E-state index contributed by atoms with van der Waals surface area (Å²) in [4.78, 5) is 6.19. The number of aromatic nitrogens is 3. The maximum Gasteiger partial charge on any atom is 0.151 e. The van der Waals surface area contributed by atoms with Gasteiger partial charge in [0.15, 0.2) is 5.82 Å². The van der Waals surface area contributed by atoms with Gasteiger partial charge in [-0.25, -0.2) is 4.39 Å². The molecule has 0 amide bonds. The fourth-order valence-electron chi connectivity index (χ4n) is 4.92. The molecule has 2 aliphatic carbocycles. The summed E-state index contributed by atoms with van der Waals surface area (Å²) >= 11 is 0. The van der Waals surface area contributed by atoms with Crippen LogP contribution in [0.2, 0.25) is 0 Å². The Balaban J connectivity index is 1.42. The van der Waals surface area contributed by atoms with Crippen molar-refractivity contribution in [2.45, 2.75) is 37.9 Å². The zero-order valence-electron chi connectivity index (χ0n) is 15.8. The van der Waals surface area contributed by atoms with Crippen LogP contribution in [0.1, 0.15) is 25.7 Å². The largest absolute Gasteiger partial charge is 0.507 e. The van der Waals surface area contributed by atoms with Crippen molar-refractivity contribution in [3.05, 3.63) is 42.6 Å². The highest BCUT2D eigenvalue weighted by molar-refractivity contribution is 5.87. The summed E-state index contributed by atoms with van der Waals surface area (Å²) in [5.74, 6) is 1.62. The summed E-state index contributed by atoms with van der Waals surface area (Å²) in [5.41, 5.74) is 1.93. The van der Waals surface area contributed by atoms with Crippen LogP contribution in [0.15, 0.2) is 42.6 Å². The van der Waals surface area contributed by atoms with E-state index in [-0.39, 0.29) is 17.7 Å². The van der Waals surface area contributed by atoms with Gasteiger partial charge in [-0.1, -0.05) is 6.07 Å². The molecule has 5 rings (SSSR count). The van der Waals surface area contributed by atoms with Gasteiger partial charge in [0.05, 0.1) is 17.3 Å². The zero-order valence-corrected chi connectivity index (χ0v) is 15.8. The highest BCUT2D eigenvalue weighted by atomic mass is 19.1. The van der Waals surface area contributed by atoms with E-state index in [1.54, 1.807) is 12.3 Å². The summed E-state index contributed by atoms with van der Waals surface area (Å²) in [6.45, 7) is 0. The summed E-state index contributed by atoms with van der Waals surface area (Å²) in [7, 11) is 1.91. The van der Waals surface area contributed by atoms with Gasteiger partial charge in [-0.2, -0.15) is 0 Å². The Morgan fingerprint density at radius 2 is 2.00 bits per heavy atom. The van der Waals surface area contributed by atoms with E-state index in [2.05, 4.69) is 15.2 Å². The second-order valence-corrected chi connectivity index (χ2v) is 8.14. The van der Waals surface area contributed by atoms with Crippen LogP contribution < -0.4 is 4.90 Å². The number of phenols is 1. The van der Waals surface area contributed by atoms with Crippen LogP contribution in [-0.4, -0.2) is 39.5 Å². The molecule has 2 aliphatic rings. The van der Waals surface area contributed by atoms with Gasteiger partial charge in [0.25, 0.3) is 0 Å². The van der Waals surface area contributed by atoms with Crippen LogP contribution in [0.3, 0.4) is 0 Å². The maximum absolute atomic E-state index is 14.9. The van der Waals surface area contributed by atoms with Crippen molar-refractivity contribution in [3.63, 3.8) is 0 Å². The van der Waals surface area contributed by atoms with Crippen LogP contribution in [0, 0.1) is 11.8 Å². The molecule has 0 saturated heterocycles. The Labute approximate surface area is 163 Å². The fraction of sp³-hybridized carbons (Fsp3) is 0.409. The van der Waals surface area contributed by atoms with Crippen LogP contribution in [0.4, 0.5) is 10.2 Å². The van der Waals surface area contributed by atoms with Gasteiger partial charge in [0.1, 0.15) is 11.9 Å². The number of alkyl halides is 1. The average molecular weight is 378 g/mol. The third-order valence-corrected chi connectivity index (χ3v) is 6.48. The van der Waals surface area contributed by atoms with Gasteiger partial charge in [0, 0.05) is 30.3 Å².